The number of hydrogen-bond acceptors (Lipinski definition) is 4. The third kappa shape index (κ3) is 3.61. The molecule has 2 rings (SSSR count). The molecule has 0 aliphatic carbocycles. The number of sulfonamides is 1. The first-order valence-corrected chi connectivity index (χ1v) is 8.30. The molecule has 7 heteroatoms. The van der Waals surface area contributed by atoms with Gasteiger partial charge in [-0.15, -0.1) is 0 Å². The molecule has 2 atom stereocenters. The van der Waals surface area contributed by atoms with Gasteiger partial charge in [-0.25, -0.2) is 12.7 Å². The van der Waals surface area contributed by atoms with Gasteiger partial charge < -0.3 is 10.6 Å². The molecule has 1 amide bonds. The molecule has 1 fully saturated rings. The van der Waals surface area contributed by atoms with Gasteiger partial charge in [0.15, 0.2) is 0 Å². The van der Waals surface area contributed by atoms with Crippen molar-refractivity contribution in [1.82, 2.24) is 14.9 Å². The van der Waals surface area contributed by atoms with E-state index in [2.05, 4.69) is 10.6 Å². The number of benzene rings is 1. The lowest BCUT2D eigenvalue weighted by molar-refractivity contribution is -0.119. The molecule has 6 nitrogen and oxygen atoms in total. The van der Waals surface area contributed by atoms with E-state index in [1.165, 1.54) is 18.4 Å². The predicted octanol–water partition coefficient (Wildman–Crippen LogP) is 0.476. The zero-order chi connectivity index (χ0) is 15.6. The molecule has 1 aromatic carbocycles. The van der Waals surface area contributed by atoms with Gasteiger partial charge in [0, 0.05) is 39.1 Å². The lowest BCUT2D eigenvalue weighted by Crippen LogP contribution is -2.33. The summed E-state index contributed by atoms with van der Waals surface area (Å²) in [4.78, 5) is 11.4. The van der Waals surface area contributed by atoms with Crippen LogP contribution in [0.1, 0.15) is 24.9 Å². The second-order valence-corrected chi connectivity index (χ2v) is 7.60. The van der Waals surface area contributed by atoms with Crippen molar-refractivity contribution in [3.05, 3.63) is 29.8 Å². The molecule has 0 aromatic heterocycles. The predicted molar refractivity (Wildman–Crippen MR) is 80.3 cm³/mol. The number of hydrogen-bond donors (Lipinski definition) is 2. The first-order chi connectivity index (χ1) is 9.80. The number of nitrogens with one attached hydrogen (secondary N) is 2. The van der Waals surface area contributed by atoms with E-state index in [-0.39, 0.29) is 22.9 Å². The van der Waals surface area contributed by atoms with E-state index in [0.29, 0.717) is 13.0 Å². The zero-order valence-corrected chi connectivity index (χ0v) is 13.3. The fraction of sp³-hybridized carbons (Fsp3) is 0.500. The molecule has 116 valence electrons. The summed E-state index contributed by atoms with van der Waals surface area (Å²) in [6.07, 6.45) is 0.484. The van der Waals surface area contributed by atoms with Crippen LogP contribution in [-0.2, 0) is 14.8 Å². The molecule has 1 aliphatic heterocycles. The van der Waals surface area contributed by atoms with Crippen LogP contribution in [0.4, 0.5) is 0 Å². The van der Waals surface area contributed by atoms with Crippen molar-refractivity contribution in [2.24, 2.45) is 0 Å². The van der Waals surface area contributed by atoms with Crippen LogP contribution in [-0.4, -0.2) is 45.3 Å². The minimum Gasteiger partial charge on any atom is -0.354 e. The minimum absolute atomic E-state index is 0.0545. The highest BCUT2D eigenvalue weighted by Crippen LogP contribution is 2.19. The Kier molecular flexibility index (Phi) is 4.65. The van der Waals surface area contributed by atoms with Crippen molar-refractivity contribution in [2.75, 3.05) is 20.6 Å². The SMILES string of the molecule is CC(NC1CNC(=O)C1)c1ccc(S(=O)(=O)N(C)C)cc1. The van der Waals surface area contributed by atoms with Gasteiger partial charge in [0.25, 0.3) is 0 Å². The first-order valence-electron chi connectivity index (χ1n) is 6.86. The Morgan fingerprint density at radius 1 is 1.29 bits per heavy atom. The van der Waals surface area contributed by atoms with Crippen LogP contribution < -0.4 is 10.6 Å². The maximum absolute atomic E-state index is 12.0. The summed E-state index contributed by atoms with van der Waals surface area (Å²) in [5.74, 6) is 0.0622. The summed E-state index contributed by atoms with van der Waals surface area (Å²) in [7, 11) is -0.368. The van der Waals surface area contributed by atoms with E-state index in [0.717, 1.165) is 5.56 Å². The number of rotatable bonds is 5. The highest BCUT2D eigenvalue weighted by atomic mass is 32.2. The average molecular weight is 311 g/mol. The fourth-order valence-corrected chi connectivity index (χ4v) is 3.21. The molecular formula is C14H21N3O3S. The average Bonchev–Trinajstić information content (AvgIpc) is 2.84. The highest BCUT2D eigenvalue weighted by molar-refractivity contribution is 7.89. The second kappa shape index (κ2) is 6.13. The van der Waals surface area contributed by atoms with E-state index in [9.17, 15) is 13.2 Å². The first kappa shape index (κ1) is 15.9. The van der Waals surface area contributed by atoms with E-state index < -0.39 is 10.0 Å². The monoisotopic (exact) mass is 311 g/mol. The Hall–Kier alpha value is -1.44. The lowest BCUT2D eigenvalue weighted by Gasteiger charge is -2.19. The number of carbonyl (C=O) groups excluding carboxylic acids is 1. The number of nitrogens with zero attached hydrogens (tertiary/aromatic N) is 1. The van der Waals surface area contributed by atoms with E-state index in [4.69, 9.17) is 0 Å². The van der Waals surface area contributed by atoms with Gasteiger partial charge in [-0.05, 0) is 24.6 Å². The van der Waals surface area contributed by atoms with Crippen molar-refractivity contribution in [2.45, 2.75) is 30.3 Å². The second-order valence-electron chi connectivity index (χ2n) is 5.45. The summed E-state index contributed by atoms with van der Waals surface area (Å²) >= 11 is 0. The molecule has 1 heterocycles. The van der Waals surface area contributed by atoms with Gasteiger partial charge in [0.1, 0.15) is 0 Å². The highest BCUT2D eigenvalue weighted by Gasteiger charge is 2.23. The van der Waals surface area contributed by atoms with Crippen LogP contribution in [0.5, 0.6) is 0 Å². The van der Waals surface area contributed by atoms with Crippen LogP contribution in [0.25, 0.3) is 0 Å². The smallest absolute Gasteiger partial charge is 0.242 e. The molecule has 1 saturated heterocycles. The van der Waals surface area contributed by atoms with E-state index in [1.807, 2.05) is 6.92 Å². The standard InChI is InChI=1S/C14H21N3O3S/c1-10(16-12-8-14(18)15-9-12)11-4-6-13(7-5-11)21(19,20)17(2)3/h4-7,10,12,16H,8-9H2,1-3H3,(H,15,18). The van der Waals surface area contributed by atoms with Crippen molar-refractivity contribution < 1.29 is 13.2 Å². The van der Waals surface area contributed by atoms with Gasteiger partial charge in [-0.3, -0.25) is 4.79 Å². The largest absolute Gasteiger partial charge is 0.354 e. The van der Waals surface area contributed by atoms with Crippen LogP contribution in [0, 0.1) is 0 Å². The summed E-state index contributed by atoms with van der Waals surface area (Å²) in [6.45, 7) is 2.63. The Labute approximate surface area is 125 Å². The number of carbonyl (C=O) groups is 1. The van der Waals surface area contributed by atoms with Gasteiger partial charge in [0.2, 0.25) is 15.9 Å². The quantitative estimate of drug-likeness (QED) is 0.829. The van der Waals surface area contributed by atoms with Crippen LogP contribution in [0.3, 0.4) is 0 Å². The van der Waals surface area contributed by atoms with Gasteiger partial charge >= 0.3 is 0 Å². The van der Waals surface area contributed by atoms with Gasteiger partial charge in [-0.2, -0.15) is 0 Å². The Balaban J connectivity index is 2.06. The van der Waals surface area contributed by atoms with E-state index in [1.54, 1.807) is 24.3 Å². The van der Waals surface area contributed by atoms with Crippen molar-refractivity contribution in [3.8, 4) is 0 Å². The Bertz CT molecular complexity index is 611. The van der Waals surface area contributed by atoms with Gasteiger partial charge in [0.05, 0.1) is 4.90 Å². The van der Waals surface area contributed by atoms with Crippen molar-refractivity contribution in [3.63, 3.8) is 0 Å². The minimum atomic E-state index is -3.39. The van der Waals surface area contributed by atoms with Crippen LogP contribution in [0.15, 0.2) is 29.2 Å². The Morgan fingerprint density at radius 3 is 2.38 bits per heavy atom. The third-order valence-electron chi connectivity index (χ3n) is 3.62. The Morgan fingerprint density at radius 2 is 1.90 bits per heavy atom. The van der Waals surface area contributed by atoms with Crippen molar-refractivity contribution in [1.29, 1.82) is 0 Å². The van der Waals surface area contributed by atoms with Crippen molar-refractivity contribution >= 4 is 15.9 Å². The molecular weight excluding hydrogens is 290 g/mol. The molecule has 0 spiro atoms. The molecule has 2 N–H and O–H groups in total. The summed E-state index contributed by atoms with van der Waals surface area (Å²) < 4.78 is 25.2. The van der Waals surface area contributed by atoms with Crippen LogP contribution >= 0.6 is 0 Å². The van der Waals surface area contributed by atoms with Gasteiger partial charge in [-0.1, -0.05) is 12.1 Å². The maximum Gasteiger partial charge on any atom is 0.242 e. The summed E-state index contributed by atoms with van der Waals surface area (Å²) in [5.41, 5.74) is 0.993. The fourth-order valence-electron chi connectivity index (χ4n) is 2.31. The normalized spacial score (nSPS) is 20.6. The summed E-state index contributed by atoms with van der Waals surface area (Å²) in [6, 6.07) is 7.01. The third-order valence-corrected chi connectivity index (χ3v) is 5.45. The van der Waals surface area contributed by atoms with E-state index >= 15 is 0 Å². The molecule has 0 radical (unpaired) electrons. The van der Waals surface area contributed by atoms with Crippen LogP contribution in [0.2, 0.25) is 0 Å². The number of amides is 1. The maximum atomic E-state index is 12.0. The molecule has 1 aromatic rings. The molecule has 21 heavy (non-hydrogen) atoms. The lowest BCUT2D eigenvalue weighted by atomic mass is 10.1. The molecule has 0 bridgehead atoms. The zero-order valence-electron chi connectivity index (χ0n) is 12.5. The molecule has 1 aliphatic rings. The summed E-state index contributed by atoms with van der Waals surface area (Å²) in [5, 5.41) is 6.14. The molecule has 0 saturated carbocycles. The molecule has 2 unspecified atom stereocenters. The topological polar surface area (TPSA) is 78.5 Å².